The minimum Gasteiger partial charge on any atom is -0.480 e. The third-order valence-electron chi connectivity index (χ3n) is 2.42. The first-order valence-electron chi connectivity index (χ1n) is 3.86. The molecule has 0 aromatic rings. The van der Waals surface area contributed by atoms with Crippen molar-refractivity contribution in [1.82, 2.24) is 0 Å². The first-order chi connectivity index (χ1) is 5.82. The number of hydrogen-bond acceptors (Lipinski definition) is 3. The summed E-state index contributed by atoms with van der Waals surface area (Å²) in [5, 5.41) is 8.49. The van der Waals surface area contributed by atoms with Crippen molar-refractivity contribution in [2.75, 3.05) is 0 Å². The van der Waals surface area contributed by atoms with E-state index in [9.17, 15) is 9.36 Å². The summed E-state index contributed by atoms with van der Waals surface area (Å²) in [5.41, 5.74) is 4.58. The first-order valence-corrected chi connectivity index (χ1v) is 5.54. The van der Waals surface area contributed by atoms with Crippen molar-refractivity contribution in [2.45, 2.75) is 24.5 Å². The zero-order valence-corrected chi connectivity index (χ0v) is 7.72. The average Bonchev–Trinajstić information content (AvgIpc) is 1.79. The summed E-state index contributed by atoms with van der Waals surface area (Å²) in [5.74, 6) is -1.41. The van der Waals surface area contributed by atoms with Crippen LogP contribution in [0.15, 0.2) is 0 Å². The van der Waals surface area contributed by atoms with Gasteiger partial charge in [-0.05, 0) is 18.8 Å². The fourth-order valence-corrected chi connectivity index (χ4v) is 2.49. The van der Waals surface area contributed by atoms with Crippen molar-refractivity contribution >= 4 is 13.6 Å². The molecule has 0 radical (unpaired) electrons. The average molecular weight is 209 g/mol. The maximum atomic E-state index is 10.7. The summed E-state index contributed by atoms with van der Waals surface area (Å²) in [6.07, 6.45) is 0.412. The van der Waals surface area contributed by atoms with E-state index in [1.54, 1.807) is 0 Å². The number of carboxylic acid groups (broad SMARTS) is 1. The molecule has 7 heteroatoms. The highest BCUT2D eigenvalue weighted by atomic mass is 31.2. The Bertz CT molecular complexity index is 256. The van der Waals surface area contributed by atoms with Gasteiger partial charge in [0.2, 0.25) is 0 Å². The summed E-state index contributed by atoms with van der Waals surface area (Å²) < 4.78 is 10.7. The number of rotatable bonds is 3. The lowest BCUT2D eigenvalue weighted by Crippen LogP contribution is -2.46. The fourth-order valence-electron chi connectivity index (χ4n) is 1.40. The van der Waals surface area contributed by atoms with Gasteiger partial charge in [-0.25, -0.2) is 0 Å². The SMILES string of the molecule is NC(C(=O)O)C1CC(P(=O)(O)O)C1. The molecule has 0 aromatic carbocycles. The van der Waals surface area contributed by atoms with Gasteiger partial charge in [0, 0.05) is 0 Å². The first kappa shape index (κ1) is 10.7. The third-order valence-corrected chi connectivity index (χ3v) is 3.79. The molecule has 5 N–H and O–H groups in total. The molecule has 1 fully saturated rings. The predicted octanol–water partition coefficient (Wildman–Crippen LogP) is -0.645. The van der Waals surface area contributed by atoms with E-state index in [4.69, 9.17) is 20.6 Å². The maximum Gasteiger partial charge on any atom is 0.328 e. The normalized spacial score (nSPS) is 30.7. The van der Waals surface area contributed by atoms with Crippen molar-refractivity contribution in [2.24, 2.45) is 11.7 Å². The summed E-state index contributed by atoms with van der Waals surface area (Å²) in [6, 6.07) is -0.997. The Labute approximate surface area is 74.9 Å². The number of carbonyl (C=O) groups is 1. The molecule has 0 heterocycles. The van der Waals surface area contributed by atoms with Crippen LogP contribution in [-0.4, -0.2) is 32.6 Å². The van der Waals surface area contributed by atoms with E-state index < -0.39 is 25.3 Å². The van der Waals surface area contributed by atoms with E-state index in [1.807, 2.05) is 0 Å². The second-order valence-electron chi connectivity index (χ2n) is 3.34. The molecule has 0 amide bonds. The van der Waals surface area contributed by atoms with Crippen LogP contribution in [0, 0.1) is 5.92 Å². The van der Waals surface area contributed by atoms with Crippen molar-refractivity contribution in [3.05, 3.63) is 0 Å². The summed E-state index contributed by atoms with van der Waals surface area (Å²) >= 11 is 0. The second kappa shape index (κ2) is 3.38. The third kappa shape index (κ3) is 2.28. The van der Waals surface area contributed by atoms with Gasteiger partial charge in [0.1, 0.15) is 6.04 Å². The van der Waals surface area contributed by atoms with Gasteiger partial charge in [-0.15, -0.1) is 0 Å². The standard InChI is InChI=1S/C6H12NO5P/c7-5(6(8)9)3-1-4(2-3)13(10,11)12/h3-5H,1-2,7H2,(H,8,9)(H2,10,11,12). The minimum absolute atomic E-state index is 0.206. The summed E-state index contributed by atoms with van der Waals surface area (Å²) in [7, 11) is -4.03. The monoisotopic (exact) mass is 209 g/mol. The highest BCUT2D eigenvalue weighted by Crippen LogP contribution is 2.53. The Morgan fingerprint density at radius 2 is 1.92 bits per heavy atom. The van der Waals surface area contributed by atoms with Gasteiger partial charge in [0.25, 0.3) is 0 Å². The Hall–Kier alpha value is -0.420. The lowest BCUT2D eigenvalue weighted by atomic mass is 9.79. The molecule has 0 aromatic heterocycles. The van der Waals surface area contributed by atoms with Gasteiger partial charge < -0.3 is 20.6 Å². The highest BCUT2D eigenvalue weighted by molar-refractivity contribution is 7.52. The van der Waals surface area contributed by atoms with Crippen molar-refractivity contribution in [3.8, 4) is 0 Å². The molecule has 1 aliphatic rings. The maximum absolute atomic E-state index is 10.7. The molecule has 1 atom stereocenters. The minimum atomic E-state index is -4.03. The highest BCUT2D eigenvalue weighted by Gasteiger charge is 2.44. The number of hydrogen-bond donors (Lipinski definition) is 4. The largest absolute Gasteiger partial charge is 0.480 e. The molecule has 1 rings (SSSR count). The lowest BCUT2D eigenvalue weighted by molar-refractivity contribution is -0.140. The molecule has 6 nitrogen and oxygen atoms in total. The second-order valence-corrected chi connectivity index (χ2v) is 5.25. The number of aliphatic carboxylic acids is 1. The van der Waals surface area contributed by atoms with Crippen LogP contribution in [0.3, 0.4) is 0 Å². The van der Waals surface area contributed by atoms with E-state index in [2.05, 4.69) is 0 Å². The molecule has 0 spiro atoms. The van der Waals surface area contributed by atoms with Crippen LogP contribution in [0.5, 0.6) is 0 Å². The Balaban J connectivity index is 2.42. The molecular formula is C6H12NO5P. The quantitative estimate of drug-likeness (QED) is 0.458. The van der Waals surface area contributed by atoms with Crippen LogP contribution in [0.2, 0.25) is 0 Å². The summed E-state index contributed by atoms with van der Waals surface area (Å²) in [6.45, 7) is 0. The molecular weight excluding hydrogens is 197 g/mol. The molecule has 0 saturated heterocycles. The van der Waals surface area contributed by atoms with Crippen LogP contribution in [-0.2, 0) is 9.36 Å². The Kier molecular flexibility index (Phi) is 2.77. The van der Waals surface area contributed by atoms with Crippen LogP contribution < -0.4 is 5.73 Å². The van der Waals surface area contributed by atoms with E-state index in [1.165, 1.54) is 0 Å². The van der Waals surface area contributed by atoms with Crippen molar-refractivity contribution in [3.63, 3.8) is 0 Å². The van der Waals surface area contributed by atoms with Gasteiger partial charge in [-0.1, -0.05) is 0 Å². The predicted molar refractivity (Wildman–Crippen MR) is 44.2 cm³/mol. The molecule has 13 heavy (non-hydrogen) atoms. The number of nitrogens with two attached hydrogens (primary N) is 1. The van der Waals surface area contributed by atoms with Crippen molar-refractivity contribution < 1.29 is 24.3 Å². The number of carboxylic acids is 1. The molecule has 1 unspecified atom stereocenters. The Morgan fingerprint density at radius 3 is 2.23 bits per heavy atom. The van der Waals surface area contributed by atoms with E-state index in [-0.39, 0.29) is 18.8 Å². The van der Waals surface area contributed by atoms with Crippen LogP contribution in [0.4, 0.5) is 0 Å². The van der Waals surface area contributed by atoms with E-state index in [0.717, 1.165) is 0 Å². The van der Waals surface area contributed by atoms with Gasteiger partial charge >= 0.3 is 13.6 Å². The Morgan fingerprint density at radius 1 is 1.46 bits per heavy atom. The van der Waals surface area contributed by atoms with Gasteiger partial charge in [-0.3, -0.25) is 9.36 Å². The van der Waals surface area contributed by atoms with Crippen LogP contribution in [0.25, 0.3) is 0 Å². The zero-order chi connectivity index (χ0) is 10.2. The molecule has 1 saturated carbocycles. The molecule has 76 valence electrons. The van der Waals surface area contributed by atoms with Crippen LogP contribution in [0.1, 0.15) is 12.8 Å². The van der Waals surface area contributed by atoms with Gasteiger partial charge in [-0.2, -0.15) is 0 Å². The smallest absolute Gasteiger partial charge is 0.328 e. The topological polar surface area (TPSA) is 121 Å². The molecule has 0 aliphatic heterocycles. The van der Waals surface area contributed by atoms with E-state index >= 15 is 0 Å². The summed E-state index contributed by atoms with van der Waals surface area (Å²) in [4.78, 5) is 27.8. The van der Waals surface area contributed by atoms with Gasteiger partial charge in [0.05, 0.1) is 5.66 Å². The van der Waals surface area contributed by atoms with E-state index in [0.29, 0.717) is 0 Å². The molecule has 0 bridgehead atoms. The lowest BCUT2D eigenvalue weighted by Gasteiger charge is -2.37. The molecule has 1 aliphatic carbocycles. The fraction of sp³-hybridized carbons (Fsp3) is 0.833. The van der Waals surface area contributed by atoms with Crippen LogP contribution >= 0.6 is 7.60 Å². The van der Waals surface area contributed by atoms with Crippen molar-refractivity contribution in [1.29, 1.82) is 0 Å². The zero-order valence-electron chi connectivity index (χ0n) is 6.83. The van der Waals surface area contributed by atoms with Gasteiger partial charge in [0.15, 0.2) is 0 Å².